The zero-order chi connectivity index (χ0) is 11.8. The first-order chi connectivity index (χ1) is 8.20. The number of aromatic nitrogens is 2. The number of fused-ring (bicyclic) bond motifs is 2. The van der Waals surface area contributed by atoms with E-state index in [-0.39, 0.29) is 12.1 Å². The van der Waals surface area contributed by atoms with Gasteiger partial charge in [0, 0.05) is 25.3 Å². The lowest BCUT2D eigenvalue weighted by atomic mass is 9.97. The lowest BCUT2D eigenvalue weighted by Crippen LogP contribution is -2.48. The highest BCUT2D eigenvalue weighted by molar-refractivity contribution is 9.10. The number of piperidine rings is 1. The van der Waals surface area contributed by atoms with Crippen molar-refractivity contribution in [3.8, 4) is 0 Å². The normalized spacial score (nSPS) is 31.5. The quantitative estimate of drug-likeness (QED) is 0.850. The van der Waals surface area contributed by atoms with E-state index in [0.29, 0.717) is 0 Å². The van der Waals surface area contributed by atoms with E-state index in [1.165, 1.54) is 24.2 Å². The van der Waals surface area contributed by atoms with Gasteiger partial charge >= 0.3 is 6.03 Å². The van der Waals surface area contributed by atoms with Crippen LogP contribution in [0.25, 0.3) is 0 Å². The maximum absolute atomic E-state index is 11.9. The molecule has 1 amide bonds. The standard InChI is InChI=1S/C11H15BrN4O/c12-9-4-13-16(6-9)11(17)14-10-3-8-1-2-15(5-8)7-10/h4,6,8,10H,1-3,5,7H2,(H,14,17). The van der Waals surface area contributed by atoms with Crippen LogP contribution in [0.5, 0.6) is 0 Å². The average molecular weight is 299 g/mol. The number of halogens is 1. The van der Waals surface area contributed by atoms with Crippen molar-refractivity contribution in [1.82, 2.24) is 20.0 Å². The number of carbonyl (C=O) groups is 1. The number of hydrogen-bond acceptors (Lipinski definition) is 3. The van der Waals surface area contributed by atoms with Crippen LogP contribution < -0.4 is 5.32 Å². The Morgan fingerprint density at radius 1 is 1.53 bits per heavy atom. The number of hydrogen-bond donors (Lipinski definition) is 1. The fourth-order valence-electron chi connectivity index (χ4n) is 2.82. The summed E-state index contributed by atoms with van der Waals surface area (Å²) in [5.74, 6) is 0.762. The highest BCUT2D eigenvalue weighted by Gasteiger charge is 2.33. The Bertz CT molecular complexity index is 421. The fraction of sp³-hybridized carbons (Fsp3) is 0.636. The summed E-state index contributed by atoms with van der Waals surface area (Å²) in [5.41, 5.74) is 0. The van der Waals surface area contributed by atoms with Crippen molar-refractivity contribution in [1.29, 1.82) is 0 Å². The van der Waals surface area contributed by atoms with Crippen molar-refractivity contribution in [3.63, 3.8) is 0 Å². The Hall–Kier alpha value is -0.880. The Kier molecular flexibility index (Phi) is 2.92. The number of rotatable bonds is 1. The van der Waals surface area contributed by atoms with E-state index in [0.717, 1.165) is 23.4 Å². The first-order valence-electron chi connectivity index (χ1n) is 5.94. The van der Waals surface area contributed by atoms with E-state index >= 15 is 0 Å². The molecule has 3 rings (SSSR count). The summed E-state index contributed by atoms with van der Waals surface area (Å²) in [5, 5.41) is 7.03. The van der Waals surface area contributed by atoms with E-state index < -0.39 is 0 Å². The minimum Gasteiger partial charge on any atom is -0.332 e. The van der Waals surface area contributed by atoms with E-state index in [2.05, 4.69) is 31.2 Å². The second-order valence-corrected chi connectivity index (χ2v) is 5.82. The summed E-state index contributed by atoms with van der Waals surface area (Å²) in [6.45, 7) is 3.37. The third kappa shape index (κ3) is 2.37. The van der Waals surface area contributed by atoms with Gasteiger partial charge in [-0.3, -0.25) is 0 Å². The molecule has 0 aromatic carbocycles. The average Bonchev–Trinajstić information content (AvgIpc) is 2.85. The molecule has 0 radical (unpaired) electrons. The largest absolute Gasteiger partial charge is 0.342 e. The molecule has 0 saturated carbocycles. The maximum atomic E-state index is 11.9. The number of nitrogens with one attached hydrogen (secondary N) is 1. The van der Waals surface area contributed by atoms with Crippen LogP contribution >= 0.6 is 15.9 Å². The smallest absolute Gasteiger partial charge is 0.332 e. The fourth-order valence-corrected chi connectivity index (χ4v) is 3.10. The molecule has 2 fully saturated rings. The van der Waals surface area contributed by atoms with Crippen LogP contribution in [0.2, 0.25) is 0 Å². The predicted octanol–water partition coefficient (Wildman–Crippen LogP) is 1.30. The number of carbonyl (C=O) groups excluding carboxylic acids is 1. The predicted molar refractivity (Wildman–Crippen MR) is 66.8 cm³/mol. The SMILES string of the molecule is O=C(NC1CC2CCN(C2)C1)n1cc(Br)cn1. The molecule has 1 N–H and O–H groups in total. The molecule has 3 unspecified atom stereocenters. The molecule has 2 aliphatic rings. The highest BCUT2D eigenvalue weighted by Crippen LogP contribution is 2.26. The Morgan fingerprint density at radius 2 is 2.41 bits per heavy atom. The molecular weight excluding hydrogens is 284 g/mol. The lowest BCUT2D eigenvalue weighted by Gasteiger charge is -2.30. The van der Waals surface area contributed by atoms with Gasteiger partial charge < -0.3 is 10.2 Å². The van der Waals surface area contributed by atoms with Crippen molar-refractivity contribution in [3.05, 3.63) is 16.9 Å². The topological polar surface area (TPSA) is 50.2 Å². The van der Waals surface area contributed by atoms with Gasteiger partial charge in [0.1, 0.15) is 0 Å². The lowest BCUT2D eigenvalue weighted by molar-refractivity contribution is 0.204. The second-order valence-electron chi connectivity index (χ2n) is 4.90. The van der Waals surface area contributed by atoms with E-state index in [4.69, 9.17) is 0 Å². The van der Waals surface area contributed by atoms with Crippen LogP contribution in [0.15, 0.2) is 16.9 Å². The summed E-state index contributed by atoms with van der Waals surface area (Å²) in [6, 6.07) is 0.134. The summed E-state index contributed by atoms with van der Waals surface area (Å²) >= 11 is 3.28. The van der Waals surface area contributed by atoms with Gasteiger partial charge in [-0.15, -0.1) is 0 Å². The number of amides is 1. The second kappa shape index (κ2) is 4.42. The Balaban J connectivity index is 1.62. The van der Waals surface area contributed by atoms with Crippen LogP contribution in [0.4, 0.5) is 4.79 Å². The third-order valence-corrected chi connectivity index (χ3v) is 3.96. The highest BCUT2D eigenvalue weighted by atomic mass is 79.9. The molecule has 17 heavy (non-hydrogen) atoms. The molecule has 3 heterocycles. The van der Waals surface area contributed by atoms with Gasteiger partial charge in [0.15, 0.2) is 0 Å². The van der Waals surface area contributed by atoms with Gasteiger partial charge in [-0.2, -0.15) is 9.78 Å². The molecular formula is C11H15BrN4O. The molecule has 1 aromatic rings. The molecule has 6 heteroatoms. The molecule has 2 aliphatic heterocycles. The minimum atomic E-state index is -0.136. The molecule has 5 nitrogen and oxygen atoms in total. The zero-order valence-corrected chi connectivity index (χ0v) is 11.1. The summed E-state index contributed by atoms with van der Waals surface area (Å²) in [7, 11) is 0. The summed E-state index contributed by atoms with van der Waals surface area (Å²) in [4.78, 5) is 14.3. The van der Waals surface area contributed by atoms with Crippen molar-refractivity contribution in [2.75, 3.05) is 19.6 Å². The van der Waals surface area contributed by atoms with Crippen molar-refractivity contribution >= 4 is 22.0 Å². The van der Waals surface area contributed by atoms with Gasteiger partial charge in [-0.25, -0.2) is 4.79 Å². The first kappa shape index (κ1) is 11.2. The first-order valence-corrected chi connectivity index (χ1v) is 6.73. The van der Waals surface area contributed by atoms with Crippen molar-refractivity contribution in [2.45, 2.75) is 18.9 Å². The van der Waals surface area contributed by atoms with Gasteiger partial charge in [0.05, 0.1) is 10.7 Å². The van der Waals surface area contributed by atoms with Crippen LogP contribution in [0, 0.1) is 5.92 Å². The zero-order valence-electron chi connectivity index (χ0n) is 9.47. The number of nitrogens with zero attached hydrogens (tertiary/aromatic N) is 3. The third-order valence-electron chi connectivity index (χ3n) is 3.55. The molecule has 2 saturated heterocycles. The van der Waals surface area contributed by atoms with Gasteiger partial charge in [-0.1, -0.05) is 0 Å². The van der Waals surface area contributed by atoms with Gasteiger partial charge in [0.25, 0.3) is 0 Å². The van der Waals surface area contributed by atoms with E-state index in [9.17, 15) is 4.79 Å². The van der Waals surface area contributed by atoms with Crippen LogP contribution in [0.1, 0.15) is 12.8 Å². The molecule has 1 aromatic heterocycles. The summed E-state index contributed by atoms with van der Waals surface area (Å²) < 4.78 is 2.16. The van der Waals surface area contributed by atoms with Crippen LogP contribution in [0.3, 0.4) is 0 Å². The molecule has 92 valence electrons. The van der Waals surface area contributed by atoms with Crippen LogP contribution in [-0.4, -0.2) is 46.4 Å². The van der Waals surface area contributed by atoms with Gasteiger partial charge in [0.2, 0.25) is 0 Å². The molecule has 2 bridgehead atoms. The Morgan fingerprint density at radius 3 is 3.12 bits per heavy atom. The Labute approximate surface area is 108 Å². The summed E-state index contributed by atoms with van der Waals surface area (Å²) in [6.07, 6.45) is 5.67. The molecule has 0 aliphatic carbocycles. The molecule has 3 atom stereocenters. The van der Waals surface area contributed by atoms with E-state index in [1.54, 1.807) is 12.4 Å². The molecule has 0 spiro atoms. The van der Waals surface area contributed by atoms with Gasteiger partial charge in [-0.05, 0) is 41.2 Å². The monoisotopic (exact) mass is 298 g/mol. The minimum absolute atomic E-state index is 0.136. The van der Waals surface area contributed by atoms with Crippen molar-refractivity contribution in [2.24, 2.45) is 5.92 Å². The maximum Gasteiger partial charge on any atom is 0.342 e. The van der Waals surface area contributed by atoms with Crippen LogP contribution in [-0.2, 0) is 0 Å². The van der Waals surface area contributed by atoms with Crippen molar-refractivity contribution < 1.29 is 4.79 Å². The van der Waals surface area contributed by atoms with E-state index in [1.807, 2.05) is 0 Å².